The van der Waals surface area contributed by atoms with Gasteiger partial charge in [0, 0.05) is 24.3 Å². The van der Waals surface area contributed by atoms with Crippen LogP contribution < -0.4 is 5.32 Å². The van der Waals surface area contributed by atoms with Crippen molar-refractivity contribution in [1.29, 1.82) is 0 Å². The highest BCUT2D eigenvalue weighted by Crippen LogP contribution is 2.21. The summed E-state index contributed by atoms with van der Waals surface area (Å²) in [7, 11) is 0. The molecule has 1 heterocycles. The first-order chi connectivity index (χ1) is 15.6. The van der Waals surface area contributed by atoms with Crippen LogP contribution in [0.2, 0.25) is 0 Å². The summed E-state index contributed by atoms with van der Waals surface area (Å²) in [6, 6.07) is 28.4. The van der Waals surface area contributed by atoms with Gasteiger partial charge in [0.15, 0.2) is 5.76 Å². The van der Waals surface area contributed by atoms with Crippen molar-refractivity contribution in [2.24, 2.45) is 0 Å². The van der Waals surface area contributed by atoms with E-state index in [4.69, 9.17) is 4.42 Å². The fourth-order valence-electron chi connectivity index (χ4n) is 3.47. The second kappa shape index (κ2) is 9.79. The summed E-state index contributed by atoms with van der Waals surface area (Å²) in [5.41, 5.74) is 4.05. The lowest BCUT2D eigenvalue weighted by Crippen LogP contribution is -2.30. The second-order valence-electron chi connectivity index (χ2n) is 7.59. The highest BCUT2D eigenvalue weighted by Gasteiger charge is 2.19. The SMILES string of the molecule is Cc1ccc(C(=O)N(Cc2ccccc2)Cc2ccccc2)cc1NC(=O)c1ccco1. The first-order valence-electron chi connectivity index (χ1n) is 10.4. The molecule has 0 bridgehead atoms. The van der Waals surface area contributed by atoms with Crippen molar-refractivity contribution >= 4 is 17.5 Å². The van der Waals surface area contributed by atoms with Gasteiger partial charge in [0.1, 0.15) is 0 Å². The third kappa shape index (κ3) is 5.13. The summed E-state index contributed by atoms with van der Waals surface area (Å²) in [6.07, 6.45) is 1.45. The number of nitrogens with one attached hydrogen (secondary N) is 1. The molecule has 5 nitrogen and oxygen atoms in total. The Kier molecular flexibility index (Phi) is 6.46. The zero-order chi connectivity index (χ0) is 22.3. The van der Waals surface area contributed by atoms with E-state index in [1.54, 1.807) is 24.3 Å². The second-order valence-corrected chi connectivity index (χ2v) is 7.59. The number of hydrogen-bond acceptors (Lipinski definition) is 3. The Morgan fingerprint density at radius 3 is 2.00 bits per heavy atom. The molecule has 4 rings (SSSR count). The Balaban J connectivity index is 1.60. The van der Waals surface area contributed by atoms with Gasteiger partial charge >= 0.3 is 0 Å². The van der Waals surface area contributed by atoms with Gasteiger partial charge in [-0.25, -0.2) is 0 Å². The smallest absolute Gasteiger partial charge is 0.291 e. The highest BCUT2D eigenvalue weighted by molar-refractivity contribution is 6.04. The largest absolute Gasteiger partial charge is 0.459 e. The summed E-state index contributed by atoms with van der Waals surface area (Å²) in [4.78, 5) is 27.8. The molecular formula is C27H24N2O3. The zero-order valence-corrected chi connectivity index (χ0v) is 17.8. The minimum Gasteiger partial charge on any atom is -0.459 e. The van der Waals surface area contributed by atoms with E-state index in [1.165, 1.54) is 6.26 Å². The van der Waals surface area contributed by atoms with Crippen LogP contribution in [0.5, 0.6) is 0 Å². The Morgan fingerprint density at radius 2 is 1.44 bits per heavy atom. The molecule has 32 heavy (non-hydrogen) atoms. The molecule has 0 unspecified atom stereocenters. The summed E-state index contributed by atoms with van der Waals surface area (Å²) in [6.45, 7) is 2.85. The maximum atomic E-state index is 13.5. The van der Waals surface area contributed by atoms with Crippen molar-refractivity contribution in [2.75, 3.05) is 5.32 Å². The molecule has 4 aromatic rings. The molecule has 160 valence electrons. The van der Waals surface area contributed by atoms with E-state index in [-0.39, 0.29) is 17.6 Å². The van der Waals surface area contributed by atoms with Crippen LogP contribution >= 0.6 is 0 Å². The fourth-order valence-corrected chi connectivity index (χ4v) is 3.47. The molecule has 0 saturated carbocycles. The standard InChI is InChI=1S/C27H24N2O3/c1-20-14-15-23(17-24(20)28-26(30)25-13-8-16-32-25)27(31)29(18-21-9-4-2-5-10-21)19-22-11-6-3-7-12-22/h2-17H,18-19H2,1H3,(H,28,30). The summed E-state index contributed by atoms with van der Waals surface area (Å²) < 4.78 is 5.17. The van der Waals surface area contributed by atoms with Crippen LogP contribution in [0.4, 0.5) is 5.69 Å². The lowest BCUT2D eigenvalue weighted by atomic mass is 10.1. The minimum atomic E-state index is -0.354. The molecule has 5 heteroatoms. The van der Waals surface area contributed by atoms with Gasteiger partial charge in [0.2, 0.25) is 0 Å². The third-order valence-electron chi connectivity index (χ3n) is 5.20. The third-order valence-corrected chi connectivity index (χ3v) is 5.20. The van der Waals surface area contributed by atoms with Crippen molar-refractivity contribution in [3.63, 3.8) is 0 Å². The van der Waals surface area contributed by atoms with E-state index in [2.05, 4.69) is 5.32 Å². The average Bonchev–Trinajstić information content (AvgIpc) is 3.36. The van der Waals surface area contributed by atoms with Crippen molar-refractivity contribution in [1.82, 2.24) is 4.90 Å². The van der Waals surface area contributed by atoms with Crippen molar-refractivity contribution in [2.45, 2.75) is 20.0 Å². The molecule has 3 aromatic carbocycles. The molecule has 2 amide bonds. The van der Waals surface area contributed by atoms with Crippen LogP contribution in [0.3, 0.4) is 0 Å². The number of nitrogens with zero attached hydrogens (tertiary/aromatic N) is 1. The van der Waals surface area contributed by atoms with Gasteiger partial charge in [-0.3, -0.25) is 9.59 Å². The molecule has 0 atom stereocenters. The van der Waals surface area contributed by atoms with Crippen LogP contribution in [0.1, 0.15) is 37.6 Å². The number of carbonyl (C=O) groups excluding carboxylic acids is 2. The summed E-state index contributed by atoms with van der Waals surface area (Å²) >= 11 is 0. The van der Waals surface area contributed by atoms with E-state index in [1.807, 2.05) is 78.6 Å². The Morgan fingerprint density at radius 1 is 0.812 bits per heavy atom. The van der Waals surface area contributed by atoms with Crippen LogP contribution in [-0.2, 0) is 13.1 Å². The molecule has 0 aliphatic rings. The van der Waals surface area contributed by atoms with Crippen molar-refractivity contribution in [3.8, 4) is 0 Å². The van der Waals surface area contributed by atoms with Crippen molar-refractivity contribution < 1.29 is 14.0 Å². The number of anilines is 1. The Hall–Kier alpha value is -4.12. The molecule has 0 spiro atoms. The predicted octanol–water partition coefficient (Wildman–Crippen LogP) is 5.68. The van der Waals surface area contributed by atoms with Gasteiger partial charge in [0.05, 0.1) is 6.26 Å². The van der Waals surface area contributed by atoms with Crippen molar-refractivity contribution in [3.05, 3.63) is 125 Å². The maximum Gasteiger partial charge on any atom is 0.291 e. The lowest BCUT2D eigenvalue weighted by Gasteiger charge is -2.24. The van der Waals surface area contributed by atoms with Gasteiger partial charge in [-0.05, 0) is 47.9 Å². The summed E-state index contributed by atoms with van der Waals surface area (Å²) in [5.74, 6) is -0.241. The van der Waals surface area contributed by atoms with Gasteiger partial charge in [-0.2, -0.15) is 0 Å². The topological polar surface area (TPSA) is 62.6 Å². The molecule has 1 aromatic heterocycles. The first-order valence-corrected chi connectivity index (χ1v) is 10.4. The zero-order valence-electron chi connectivity index (χ0n) is 17.8. The normalized spacial score (nSPS) is 10.5. The van der Waals surface area contributed by atoms with Gasteiger partial charge in [-0.1, -0.05) is 66.7 Å². The molecule has 0 aliphatic heterocycles. The number of hydrogen-bond donors (Lipinski definition) is 1. The van der Waals surface area contributed by atoms with Crippen LogP contribution in [-0.4, -0.2) is 16.7 Å². The molecular weight excluding hydrogens is 400 g/mol. The molecule has 0 radical (unpaired) electrons. The van der Waals surface area contributed by atoms with Gasteiger partial charge in [-0.15, -0.1) is 0 Å². The minimum absolute atomic E-state index is 0.105. The van der Waals surface area contributed by atoms with Gasteiger partial charge in [0.25, 0.3) is 11.8 Å². The number of rotatable bonds is 7. The quantitative estimate of drug-likeness (QED) is 0.415. The number of carbonyl (C=O) groups is 2. The van der Waals surface area contributed by atoms with Gasteiger partial charge < -0.3 is 14.6 Å². The summed E-state index contributed by atoms with van der Waals surface area (Å²) in [5, 5.41) is 2.84. The van der Waals surface area contributed by atoms with E-state index in [9.17, 15) is 9.59 Å². The molecule has 1 N–H and O–H groups in total. The predicted molar refractivity (Wildman–Crippen MR) is 124 cm³/mol. The van der Waals surface area contributed by atoms with Crippen LogP contribution in [0, 0.1) is 6.92 Å². The van der Waals surface area contributed by atoms with Crippen LogP contribution in [0.15, 0.2) is 102 Å². The molecule has 0 fully saturated rings. The first kappa shape index (κ1) is 21.1. The lowest BCUT2D eigenvalue weighted by molar-refractivity contribution is 0.0729. The number of furan rings is 1. The number of benzene rings is 3. The Bertz CT molecular complexity index is 1140. The Labute approximate surface area is 187 Å². The van der Waals surface area contributed by atoms with E-state index in [0.717, 1.165) is 16.7 Å². The average molecular weight is 425 g/mol. The van der Waals surface area contributed by atoms with E-state index >= 15 is 0 Å². The molecule has 0 saturated heterocycles. The number of amides is 2. The fraction of sp³-hybridized carbons (Fsp3) is 0.111. The monoisotopic (exact) mass is 424 g/mol. The van der Waals surface area contributed by atoms with E-state index < -0.39 is 0 Å². The molecule has 0 aliphatic carbocycles. The van der Waals surface area contributed by atoms with Crippen LogP contribution in [0.25, 0.3) is 0 Å². The number of aryl methyl sites for hydroxylation is 1. The maximum absolute atomic E-state index is 13.5. The van der Waals surface area contributed by atoms with E-state index in [0.29, 0.717) is 24.3 Å². The highest BCUT2D eigenvalue weighted by atomic mass is 16.3.